The van der Waals surface area contributed by atoms with Crippen molar-refractivity contribution in [3.8, 4) is 0 Å². The summed E-state index contributed by atoms with van der Waals surface area (Å²) in [5.41, 5.74) is 1.81. The third-order valence-electron chi connectivity index (χ3n) is 5.25. The Morgan fingerprint density at radius 3 is 2.45 bits per heavy atom. The van der Waals surface area contributed by atoms with Crippen molar-refractivity contribution in [1.29, 1.82) is 0 Å². The number of piperidine rings is 1. The number of halogens is 2. The normalized spacial score (nSPS) is 15.5. The lowest BCUT2D eigenvalue weighted by atomic mass is 9.93. The van der Waals surface area contributed by atoms with Crippen LogP contribution in [0.5, 0.6) is 0 Å². The zero-order chi connectivity index (χ0) is 21.0. The first-order chi connectivity index (χ1) is 13.8. The molecular weight excluding hydrogens is 415 g/mol. The lowest BCUT2D eigenvalue weighted by Crippen LogP contribution is -2.39. The first-order valence-corrected chi connectivity index (χ1v) is 11.4. The van der Waals surface area contributed by atoms with Gasteiger partial charge in [-0.2, -0.15) is 0 Å². The van der Waals surface area contributed by atoms with E-state index < -0.39 is 15.8 Å². The average molecular weight is 439 g/mol. The lowest BCUT2D eigenvalue weighted by molar-refractivity contribution is 0.0687. The van der Waals surface area contributed by atoms with Crippen molar-refractivity contribution in [2.75, 3.05) is 19.6 Å². The quantitative estimate of drug-likeness (QED) is 0.741. The number of amides is 1. The summed E-state index contributed by atoms with van der Waals surface area (Å²) in [6.45, 7) is 3.60. The highest BCUT2D eigenvalue weighted by molar-refractivity contribution is 7.89. The van der Waals surface area contributed by atoms with Crippen LogP contribution in [0, 0.1) is 18.7 Å². The third-order valence-corrected chi connectivity index (χ3v) is 6.99. The zero-order valence-corrected chi connectivity index (χ0v) is 17.8. The maximum Gasteiger partial charge on any atom is 0.253 e. The molecule has 0 aliphatic carbocycles. The second-order valence-electron chi connectivity index (χ2n) is 7.36. The van der Waals surface area contributed by atoms with E-state index in [1.54, 1.807) is 0 Å². The molecule has 0 atom stereocenters. The predicted octanol–water partition coefficient (Wildman–Crippen LogP) is 4.01. The smallest absolute Gasteiger partial charge is 0.253 e. The minimum Gasteiger partial charge on any atom is -0.339 e. The predicted molar refractivity (Wildman–Crippen MR) is 111 cm³/mol. The summed E-state index contributed by atoms with van der Waals surface area (Å²) < 4.78 is 40.4. The molecule has 0 saturated carbocycles. The maximum atomic E-state index is 13.2. The Bertz CT molecular complexity index is 972. The van der Waals surface area contributed by atoms with Gasteiger partial charge in [0.1, 0.15) is 5.82 Å². The number of hydrogen-bond donors (Lipinski definition) is 1. The van der Waals surface area contributed by atoms with Gasteiger partial charge in [-0.15, -0.1) is 0 Å². The molecule has 8 heteroatoms. The molecule has 1 heterocycles. The second-order valence-corrected chi connectivity index (χ2v) is 9.54. The maximum absolute atomic E-state index is 13.2. The SMILES string of the molecule is Cc1ccc(C(=O)N2CCC(CCNS(=O)(=O)c3ccc(F)c(Cl)c3)CC2)cc1. The van der Waals surface area contributed by atoms with Crippen molar-refractivity contribution >= 4 is 27.5 Å². The van der Waals surface area contributed by atoms with Crippen LogP contribution < -0.4 is 4.72 Å². The molecule has 2 aromatic rings. The number of rotatable bonds is 6. The number of nitrogens with zero attached hydrogens (tertiary/aromatic N) is 1. The number of benzene rings is 2. The second kappa shape index (κ2) is 9.24. The highest BCUT2D eigenvalue weighted by Crippen LogP contribution is 2.23. The molecule has 0 aromatic heterocycles. The van der Waals surface area contributed by atoms with Crippen molar-refractivity contribution in [3.63, 3.8) is 0 Å². The molecule has 1 amide bonds. The molecule has 0 bridgehead atoms. The largest absolute Gasteiger partial charge is 0.339 e. The van der Waals surface area contributed by atoms with Crippen molar-refractivity contribution in [1.82, 2.24) is 9.62 Å². The molecule has 156 valence electrons. The summed E-state index contributed by atoms with van der Waals surface area (Å²) in [5, 5.41) is -0.224. The zero-order valence-electron chi connectivity index (χ0n) is 16.2. The van der Waals surface area contributed by atoms with Gasteiger partial charge in [-0.3, -0.25) is 4.79 Å². The van der Waals surface area contributed by atoms with Gasteiger partial charge in [0.25, 0.3) is 5.91 Å². The van der Waals surface area contributed by atoms with Crippen molar-refractivity contribution < 1.29 is 17.6 Å². The van der Waals surface area contributed by atoms with Gasteiger partial charge in [0.2, 0.25) is 10.0 Å². The van der Waals surface area contributed by atoms with Gasteiger partial charge in [-0.05, 0) is 62.4 Å². The van der Waals surface area contributed by atoms with E-state index in [4.69, 9.17) is 11.6 Å². The van der Waals surface area contributed by atoms with Crippen LogP contribution in [0.3, 0.4) is 0 Å². The minimum atomic E-state index is -3.73. The van der Waals surface area contributed by atoms with Crippen LogP contribution in [-0.2, 0) is 10.0 Å². The number of nitrogens with one attached hydrogen (secondary N) is 1. The van der Waals surface area contributed by atoms with Gasteiger partial charge in [-0.1, -0.05) is 29.3 Å². The van der Waals surface area contributed by atoms with E-state index in [1.807, 2.05) is 36.1 Å². The van der Waals surface area contributed by atoms with Gasteiger partial charge in [0.15, 0.2) is 0 Å². The number of carbonyl (C=O) groups excluding carboxylic acids is 1. The molecule has 1 aliphatic rings. The van der Waals surface area contributed by atoms with Gasteiger partial charge in [0, 0.05) is 25.2 Å². The van der Waals surface area contributed by atoms with E-state index >= 15 is 0 Å². The Hall–Kier alpha value is -1.96. The number of aryl methyl sites for hydroxylation is 1. The summed E-state index contributed by atoms with van der Waals surface area (Å²) in [5.74, 6) is -0.272. The van der Waals surface area contributed by atoms with Gasteiger partial charge < -0.3 is 4.90 Å². The molecule has 5 nitrogen and oxygen atoms in total. The molecule has 0 unspecified atom stereocenters. The standard InChI is InChI=1S/C21H24ClFN2O3S/c1-15-2-4-17(5-3-15)21(26)25-12-9-16(10-13-25)8-11-24-29(27,28)18-6-7-20(23)19(22)14-18/h2-7,14,16,24H,8-13H2,1H3. The fraction of sp³-hybridized carbons (Fsp3) is 0.381. The van der Waals surface area contributed by atoms with Crippen LogP contribution in [0.4, 0.5) is 4.39 Å². The summed E-state index contributed by atoms with van der Waals surface area (Å²) in [6, 6.07) is 10.9. The van der Waals surface area contributed by atoms with Gasteiger partial charge in [-0.25, -0.2) is 17.5 Å². The minimum absolute atomic E-state index is 0.0392. The highest BCUT2D eigenvalue weighted by atomic mass is 35.5. The molecule has 1 N–H and O–H groups in total. The molecule has 1 saturated heterocycles. The first kappa shape index (κ1) is 21.7. The van der Waals surface area contributed by atoms with Crippen LogP contribution in [0.2, 0.25) is 5.02 Å². The molecule has 0 spiro atoms. The number of sulfonamides is 1. The monoisotopic (exact) mass is 438 g/mol. The molecule has 0 radical (unpaired) electrons. The van der Waals surface area contributed by atoms with Crippen molar-refractivity contribution in [3.05, 3.63) is 64.4 Å². The summed E-state index contributed by atoms with van der Waals surface area (Å²) in [6.07, 6.45) is 2.35. The molecule has 29 heavy (non-hydrogen) atoms. The summed E-state index contributed by atoms with van der Waals surface area (Å²) >= 11 is 5.67. The molecule has 1 aliphatic heterocycles. The van der Waals surface area contributed by atoms with Crippen LogP contribution >= 0.6 is 11.6 Å². The van der Waals surface area contributed by atoms with E-state index in [0.717, 1.165) is 30.5 Å². The van der Waals surface area contributed by atoms with E-state index in [-0.39, 0.29) is 22.4 Å². The fourth-order valence-electron chi connectivity index (χ4n) is 3.43. The average Bonchev–Trinajstić information content (AvgIpc) is 2.70. The van der Waals surface area contributed by atoms with Crippen LogP contribution in [-0.4, -0.2) is 38.9 Å². The van der Waals surface area contributed by atoms with E-state index in [2.05, 4.69) is 4.72 Å². The van der Waals surface area contributed by atoms with Gasteiger partial charge >= 0.3 is 0 Å². The third kappa shape index (κ3) is 5.56. The molecular formula is C21H24ClFN2O3S. The Kier molecular flexibility index (Phi) is 6.93. The van der Waals surface area contributed by atoms with E-state index in [9.17, 15) is 17.6 Å². The number of carbonyl (C=O) groups is 1. The highest BCUT2D eigenvalue weighted by Gasteiger charge is 2.24. The molecule has 3 rings (SSSR count). The van der Waals surface area contributed by atoms with Crippen LogP contribution in [0.1, 0.15) is 35.2 Å². The van der Waals surface area contributed by atoms with E-state index in [1.165, 1.54) is 6.07 Å². The van der Waals surface area contributed by atoms with Crippen LogP contribution in [0.15, 0.2) is 47.4 Å². The first-order valence-electron chi connectivity index (χ1n) is 9.57. The number of hydrogen-bond acceptors (Lipinski definition) is 3. The van der Waals surface area contributed by atoms with Crippen molar-refractivity contribution in [2.24, 2.45) is 5.92 Å². The fourth-order valence-corrected chi connectivity index (χ4v) is 4.75. The summed E-state index contributed by atoms with van der Waals surface area (Å²) in [7, 11) is -3.73. The number of likely N-dealkylation sites (tertiary alicyclic amines) is 1. The summed E-state index contributed by atoms with van der Waals surface area (Å²) in [4.78, 5) is 14.4. The van der Waals surface area contributed by atoms with Gasteiger partial charge in [0.05, 0.1) is 9.92 Å². The Morgan fingerprint density at radius 2 is 1.83 bits per heavy atom. The van der Waals surface area contributed by atoms with E-state index in [0.29, 0.717) is 31.0 Å². The Morgan fingerprint density at radius 1 is 1.17 bits per heavy atom. The molecule has 2 aromatic carbocycles. The molecule has 1 fully saturated rings. The Balaban J connectivity index is 1.46. The topological polar surface area (TPSA) is 66.5 Å². The van der Waals surface area contributed by atoms with Crippen LogP contribution in [0.25, 0.3) is 0 Å². The van der Waals surface area contributed by atoms with Crippen molar-refractivity contribution in [2.45, 2.75) is 31.1 Å². The Labute approximate surface area is 175 Å². The lowest BCUT2D eigenvalue weighted by Gasteiger charge is -2.32.